The fraction of sp³-hybridized carbons (Fsp3) is 0.294. The fourth-order valence-corrected chi connectivity index (χ4v) is 2.70. The second kappa shape index (κ2) is 6.68. The topological polar surface area (TPSA) is 81.4 Å². The van der Waals surface area contributed by atoms with Gasteiger partial charge in [-0.25, -0.2) is 0 Å². The molecule has 3 aromatic rings. The molecule has 1 aromatic carbocycles. The maximum absolute atomic E-state index is 11.6. The molecule has 0 bridgehead atoms. The highest BCUT2D eigenvalue weighted by molar-refractivity contribution is 6.33. The number of carbonyl (C=O) groups is 1. The van der Waals surface area contributed by atoms with Gasteiger partial charge in [0.05, 0.1) is 11.6 Å². The number of aromatic nitrogens is 4. The van der Waals surface area contributed by atoms with Crippen molar-refractivity contribution in [1.82, 2.24) is 25.1 Å². The molecule has 25 heavy (non-hydrogen) atoms. The van der Waals surface area contributed by atoms with Gasteiger partial charge in [-0.1, -0.05) is 23.7 Å². The van der Waals surface area contributed by atoms with Gasteiger partial charge in [-0.05, 0) is 31.0 Å². The van der Waals surface area contributed by atoms with Gasteiger partial charge in [-0.15, -0.1) is 15.3 Å². The Labute approximate surface area is 149 Å². The molecule has 0 saturated heterocycles. The van der Waals surface area contributed by atoms with Crippen LogP contribution in [-0.4, -0.2) is 38.9 Å². The van der Waals surface area contributed by atoms with E-state index in [-0.39, 0.29) is 11.8 Å². The molecular weight excluding hydrogens is 342 g/mol. The first-order valence-electron chi connectivity index (χ1n) is 8.10. The molecule has 1 aliphatic carbocycles. The molecule has 4 rings (SSSR count). The average Bonchev–Trinajstić information content (AvgIpc) is 3.40. The van der Waals surface area contributed by atoms with E-state index in [1.807, 2.05) is 18.2 Å². The first-order valence-corrected chi connectivity index (χ1v) is 8.48. The molecule has 128 valence electrons. The van der Waals surface area contributed by atoms with Crippen molar-refractivity contribution in [3.8, 4) is 17.3 Å². The number of benzene rings is 1. The maximum Gasteiger partial charge on any atom is 0.231 e. The van der Waals surface area contributed by atoms with Crippen molar-refractivity contribution in [2.24, 2.45) is 5.92 Å². The van der Waals surface area contributed by atoms with Crippen LogP contribution in [0.2, 0.25) is 5.02 Å². The third-order valence-electron chi connectivity index (χ3n) is 3.95. The van der Waals surface area contributed by atoms with E-state index in [9.17, 15) is 4.79 Å². The third kappa shape index (κ3) is 3.41. The monoisotopic (exact) mass is 357 g/mol. The lowest BCUT2D eigenvalue weighted by molar-refractivity contribution is -0.122. The number of hydrogen-bond donors (Lipinski definition) is 1. The zero-order chi connectivity index (χ0) is 17.2. The minimum absolute atomic E-state index is 0.104. The third-order valence-corrected chi connectivity index (χ3v) is 4.28. The zero-order valence-electron chi connectivity index (χ0n) is 13.4. The number of rotatable bonds is 6. The van der Waals surface area contributed by atoms with Crippen molar-refractivity contribution in [2.75, 3.05) is 13.2 Å². The number of amides is 1. The van der Waals surface area contributed by atoms with E-state index in [1.165, 1.54) is 0 Å². The molecule has 1 saturated carbocycles. The zero-order valence-corrected chi connectivity index (χ0v) is 14.1. The van der Waals surface area contributed by atoms with Crippen LogP contribution in [-0.2, 0) is 4.79 Å². The molecule has 0 radical (unpaired) electrons. The number of hydrogen-bond acceptors (Lipinski definition) is 5. The first kappa shape index (κ1) is 15.8. The van der Waals surface area contributed by atoms with Gasteiger partial charge in [0.15, 0.2) is 11.5 Å². The summed E-state index contributed by atoms with van der Waals surface area (Å²) in [5.41, 5.74) is 1.35. The molecular formula is C17H16ClN5O2. The Morgan fingerprint density at radius 3 is 2.88 bits per heavy atom. The Hall–Kier alpha value is -2.67. The van der Waals surface area contributed by atoms with Crippen molar-refractivity contribution in [3.05, 3.63) is 41.4 Å². The number of fused-ring (bicyclic) bond motifs is 1. The van der Waals surface area contributed by atoms with Crippen LogP contribution in [0, 0.1) is 5.92 Å². The Morgan fingerprint density at radius 1 is 1.24 bits per heavy atom. The van der Waals surface area contributed by atoms with Gasteiger partial charge >= 0.3 is 0 Å². The number of nitrogens with zero attached hydrogens (tertiary/aromatic N) is 4. The Balaban J connectivity index is 1.48. The lowest BCUT2D eigenvalue weighted by atomic mass is 10.2. The molecule has 1 aliphatic rings. The highest BCUT2D eigenvalue weighted by Gasteiger charge is 2.29. The minimum atomic E-state index is 0.104. The molecule has 8 heteroatoms. The summed E-state index contributed by atoms with van der Waals surface area (Å²) < 4.78 is 7.22. The summed E-state index contributed by atoms with van der Waals surface area (Å²) in [6, 6.07) is 10.9. The van der Waals surface area contributed by atoms with Crippen LogP contribution in [0.5, 0.6) is 5.88 Å². The van der Waals surface area contributed by atoms with Crippen LogP contribution < -0.4 is 10.1 Å². The van der Waals surface area contributed by atoms with Crippen LogP contribution in [0.1, 0.15) is 12.8 Å². The smallest absolute Gasteiger partial charge is 0.231 e. The predicted molar refractivity (Wildman–Crippen MR) is 92.5 cm³/mol. The highest BCUT2D eigenvalue weighted by atomic mass is 35.5. The normalized spacial score (nSPS) is 13.8. The standard InChI is InChI=1S/C17H16ClN5O2/c18-13-4-2-1-3-12(13)16-21-20-14-7-8-15(22-23(14)16)25-10-9-19-17(24)11-5-6-11/h1-4,7-8,11H,5-6,9-10H2,(H,19,24). The quantitative estimate of drug-likeness (QED) is 0.685. The average molecular weight is 358 g/mol. The molecule has 1 amide bonds. The SMILES string of the molecule is O=C(NCCOc1ccc2nnc(-c3ccccc3Cl)n2n1)C1CC1. The number of nitrogens with one attached hydrogen (secondary N) is 1. The van der Waals surface area contributed by atoms with E-state index in [1.54, 1.807) is 22.7 Å². The molecule has 0 atom stereocenters. The summed E-state index contributed by atoms with van der Waals surface area (Å²) in [5, 5.41) is 16.1. The molecule has 2 heterocycles. The summed E-state index contributed by atoms with van der Waals surface area (Å²) in [7, 11) is 0. The van der Waals surface area contributed by atoms with Gasteiger partial charge in [-0.3, -0.25) is 4.79 Å². The maximum atomic E-state index is 11.6. The second-order valence-corrected chi connectivity index (χ2v) is 6.27. The Morgan fingerprint density at radius 2 is 2.08 bits per heavy atom. The van der Waals surface area contributed by atoms with Crippen LogP contribution in [0.3, 0.4) is 0 Å². The molecule has 1 N–H and O–H groups in total. The van der Waals surface area contributed by atoms with Crippen LogP contribution in [0.15, 0.2) is 36.4 Å². The fourth-order valence-electron chi connectivity index (χ4n) is 2.48. The summed E-state index contributed by atoms with van der Waals surface area (Å²) in [5.74, 6) is 1.28. The summed E-state index contributed by atoms with van der Waals surface area (Å²) in [6.45, 7) is 0.801. The van der Waals surface area contributed by atoms with Crippen molar-refractivity contribution < 1.29 is 9.53 Å². The molecule has 0 unspecified atom stereocenters. The van der Waals surface area contributed by atoms with Crippen LogP contribution >= 0.6 is 11.6 Å². The summed E-state index contributed by atoms with van der Waals surface area (Å²) in [6.07, 6.45) is 1.98. The van der Waals surface area contributed by atoms with Crippen molar-refractivity contribution in [1.29, 1.82) is 0 Å². The minimum Gasteiger partial charge on any atom is -0.475 e. The van der Waals surface area contributed by atoms with E-state index in [0.717, 1.165) is 18.4 Å². The van der Waals surface area contributed by atoms with Gasteiger partial charge in [0.25, 0.3) is 0 Å². The second-order valence-electron chi connectivity index (χ2n) is 5.86. The Bertz CT molecular complexity index is 922. The van der Waals surface area contributed by atoms with Gasteiger partial charge in [0.1, 0.15) is 6.61 Å². The highest BCUT2D eigenvalue weighted by Crippen LogP contribution is 2.28. The summed E-state index contributed by atoms with van der Waals surface area (Å²) >= 11 is 6.24. The molecule has 7 nitrogen and oxygen atoms in total. The summed E-state index contributed by atoms with van der Waals surface area (Å²) in [4.78, 5) is 11.6. The molecule has 2 aromatic heterocycles. The molecule has 0 spiro atoms. The van der Waals surface area contributed by atoms with Gasteiger partial charge in [-0.2, -0.15) is 4.52 Å². The van der Waals surface area contributed by atoms with Crippen LogP contribution in [0.4, 0.5) is 0 Å². The molecule has 1 fully saturated rings. The number of ether oxygens (including phenoxy) is 1. The van der Waals surface area contributed by atoms with E-state index in [0.29, 0.717) is 35.5 Å². The predicted octanol–water partition coefficient (Wildman–Crippen LogP) is 2.35. The first-order chi connectivity index (χ1) is 12.2. The van der Waals surface area contributed by atoms with Gasteiger partial charge < -0.3 is 10.1 Å². The Kier molecular flexibility index (Phi) is 4.23. The molecule has 0 aliphatic heterocycles. The lowest BCUT2D eigenvalue weighted by Gasteiger charge is -2.07. The largest absolute Gasteiger partial charge is 0.475 e. The van der Waals surface area contributed by atoms with E-state index < -0.39 is 0 Å². The lowest BCUT2D eigenvalue weighted by Crippen LogP contribution is -2.29. The van der Waals surface area contributed by atoms with Crippen molar-refractivity contribution in [3.63, 3.8) is 0 Å². The number of halogens is 1. The van der Waals surface area contributed by atoms with Gasteiger partial charge in [0, 0.05) is 17.5 Å². The van der Waals surface area contributed by atoms with E-state index in [2.05, 4.69) is 20.6 Å². The van der Waals surface area contributed by atoms with Gasteiger partial charge in [0.2, 0.25) is 11.8 Å². The van der Waals surface area contributed by atoms with E-state index >= 15 is 0 Å². The van der Waals surface area contributed by atoms with E-state index in [4.69, 9.17) is 16.3 Å². The van der Waals surface area contributed by atoms with Crippen molar-refractivity contribution in [2.45, 2.75) is 12.8 Å². The number of carbonyl (C=O) groups excluding carboxylic acids is 1. The van der Waals surface area contributed by atoms with Crippen LogP contribution in [0.25, 0.3) is 17.0 Å². The van der Waals surface area contributed by atoms with Crippen molar-refractivity contribution >= 4 is 23.2 Å².